The van der Waals surface area contributed by atoms with E-state index in [1.54, 1.807) is 6.08 Å². The normalized spacial score (nSPS) is 10.8. The van der Waals surface area contributed by atoms with E-state index in [1.807, 2.05) is 48.3 Å². The van der Waals surface area contributed by atoms with Crippen molar-refractivity contribution in [1.29, 1.82) is 0 Å². The third-order valence-electron chi connectivity index (χ3n) is 3.48. The van der Waals surface area contributed by atoms with E-state index in [-0.39, 0.29) is 24.0 Å². The van der Waals surface area contributed by atoms with Crippen molar-refractivity contribution in [3.63, 3.8) is 0 Å². The third-order valence-corrected chi connectivity index (χ3v) is 3.48. The molecule has 0 aliphatic carbocycles. The molecule has 0 amide bonds. The Labute approximate surface area is 172 Å². The number of aromatic nitrogens is 2. The van der Waals surface area contributed by atoms with Crippen LogP contribution in [0, 0.1) is 6.92 Å². The summed E-state index contributed by atoms with van der Waals surface area (Å²) in [7, 11) is 0. The second-order valence-electron chi connectivity index (χ2n) is 5.61. The number of guanidine groups is 1. The van der Waals surface area contributed by atoms with Crippen molar-refractivity contribution < 1.29 is 4.74 Å². The second kappa shape index (κ2) is 12.3. The Morgan fingerprint density at radius 1 is 1.35 bits per heavy atom. The summed E-state index contributed by atoms with van der Waals surface area (Å²) in [5, 5.41) is 10.9. The minimum atomic E-state index is 0. The number of aliphatic imine (C=N–C) groups is 1. The first kappa shape index (κ1) is 22.0. The maximum atomic E-state index is 5.68. The van der Waals surface area contributed by atoms with E-state index in [4.69, 9.17) is 4.74 Å². The van der Waals surface area contributed by atoms with Crippen LogP contribution in [-0.2, 0) is 13.1 Å². The van der Waals surface area contributed by atoms with Crippen molar-refractivity contribution in [2.75, 3.05) is 19.7 Å². The molecule has 1 aromatic carbocycles. The van der Waals surface area contributed by atoms with Crippen molar-refractivity contribution >= 4 is 29.9 Å². The van der Waals surface area contributed by atoms with Gasteiger partial charge in [0, 0.05) is 24.8 Å². The van der Waals surface area contributed by atoms with Gasteiger partial charge in [-0.1, -0.05) is 30.9 Å². The Balaban J connectivity index is 0.00000338. The molecule has 6 nitrogen and oxygen atoms in total. The van der Waals surface area contributed by atoms with Gasteiger partial charge in [0.2, 0.25) is 0 Å². The number of nitrogens with zero attached hydrogens (tertiary/aromatic N) is 3. The summed E-state index contributed by atoms with van der Waals surface area (Å²) in [6.45, 7) is 11.2. The van der Waals surface area contributed by atoms with Gasteiger partial charge in [-0.05, 0) is 25.5 Å². The van der Waals surface area contributed by atoms with Crippen LogP contribution < -0.4 is 15.4 Å². The lowest BCUT2D eigenvalue weighted by molar-refractivity contribution is 0.359. The van der Waals surface area contributed by atoms with Crippen LogP contribution in [0.2, 0.25) is 0 Å². The van der Waals surface area contributed by atoms with Gasteiger partial charge < -0.3 is 15.4 Å². The van der Waals surface area contributed by atoms with Gasteiger partial charge in [0.25, 0.3) is 0 Å². The van der Waals surface area contributed by atoms with Crippen molar-refractivity contribution in [2.24, 2.45) is 4.99 Å². The Kier molecular flexibility index (Phi) is 10.5. The Morgan fingerprint density at radius 3 is 2.85 bits per heavy atom. The van der Waals surface area contributed by atoms with Crippen LogP contribution in [0.1, 0.15) is 18.1 Å². The lowest BCUT2D eigenvalue weighted by Crippen LogP contribution is -2.38. The lowest BCUT2D eigenvalue weighted by atomic mass is 10.2. The number of nitrogens with one attached hydrogen (secondary N) is 2. The largest absolute Gasteiger partial charge is 0.489 e. The van der Waals surface area contributed by atoms with E-state index in [1.165, 1.54) is 0 Å². The SMILES string of the molecule is C=CCOc1ccccc1CN=C(NCC)NCCn1cc(C)cn1.I. The van der Waals surface area contributed by atoms with Crippen LogP contribution in [-0.4, -0.2) is 35.4 Å². The lowest BCUT2D eigenvalue weighted by Gasteiger charge is -2.12. The minimum Gasteiger partial charge on any atom is -0.489 e. The summed E-state index contributed by atoms with van der Waals surface area (Å²) in [4.78, 5) is 4.65. The van der Waals surface area contributed by atoms with Crippen LogP contribution in [0.5, 0.6) is 5.75 Å². The number of hydrogen-bond donors (Lipinski definition) is 2. The van der Waals surface area contributed by atoms with Crippen molar-refractivity contribution in [3.05, 3.63) is 60.4 Å². The molecule has 2 aromatic rings. The predicted molar refractivity (Wildman–Crippen MR) is 117 cm³/mol. The number of benzene rings is 1. The molecule has 0 bridgehead atoms. The molecule has 2 N–H and O–H groups in total. The number of aryl methyl sites for hydroxylation is 1. The van der Waals surface area contributed by atoms with E-state index in [2.05, 4.69) is 34.2 Å². The van der Waals surface area contributed by atoms with Gasteiger partial charge in [-0.3, -0.25) is 4.68 Å². The molecule has 0 aliphatic rings. The standard InChI is InChI=1S/C19H27N5O.HI/c1-4-12-25-18-9-7-6-8-17(18)14-22-19(20-5-2)21-10-11-24-15-16(3)13-23-24;/h4,6-9,13,15H,1,5,10-12,14H2,2-3H3,(H2,20,21,22);1H. The number of halogens is 1. The van der Waals surface area contributed by atoms with Crippen LogP contribution in [0.4, 0.5) is 0 Å². The zero-order valence-electron chi connectivity index (χ0n) is 15.4. The number of para-hydroxylation sites is 1. The summed E-state index contributed by atoms with van der Waals surface area (Å²) >= 11 is 0. The van der Waals surface area contributed by atoms with E-state index < -0.39 is 0 Å². The highest BCUT2D eigenvalue weighted by molar-refractivity contribution is 14.0. The summed E-state index contributed by atoms with van der Waals surface area (Å²) in [6.07, 6.45) is 5.63. The third kappa shape index (κ3) is 7.47. The van der Waals surface area contributed by atoms with Gasteiger partial charge in [0.15, 0.2) is 5.96 Å². The van der Waals surface area contributed by atoms with Crippen LogP contribution >= 0.6 is 24.0 Å². The van der Waals surface area contributed by atoms with Crippen molar-refractivity contribution in [1.82, 2.24) is 20.4 Å². The van der Waals surface area contributed by atoms with Gasteiger partial charge in [0.05, 0.1) is 19.3 Å². The van der Waals surface area contributed by atoms with Crippen LogP contribution in [0.15, 0.2) is 54.3 Å². The molecule has 7 heteroatoms. The van der Waals surface area contributed by atoms with Crippen molar-refractivity contribution in [3.8, 4) is 5.75 Å². The maximum Gasteiger partial charge on any atom is 0.191 e. The number of rotatable bonds is 9. The first-order chi connectivity index (χ1) is 12.2. The summed E-state index contributed by atoms with van der Waals surface area (Å²) in [6, 6.07) is 7.93. The van der Waals surface area contributed by atoms with Crippen molar-refractivity contribution in [2.45, 2.75) is 26.9 Å². The fourth-order valence-electron chi connectivity index (χ4n) is 2.31. The second-order valence-corrected chi connectivity index (χ2v) is 5.61. The molecular weight excluding hydrogens is 441 g/mol. The smallest absolute Gasteiger partial charge is 0.191 e. The van der Waals surface area contributed by atoms with Crippen LogP contribution in [0.25, 0.3) is 0 Å². The zero-order valence-corrected chi connectivity index (χ0v) is 17.8. The summed E-state index contributed by atoms with van der Waals surface area (Å²) in [5.41, 5.74) is 2.21. The average Bonchev–Trinajstić information content (AvgIpc) is 3.03. The molecule has 0 unspecified atom stereocenters. The predicted octanol–water partition coefficient (Wildman–Crippen LogP) is 3.13. The molecule has 142 valence electrons. The average molecular weight is 469 g/mol. The van der Waals surface area contributed by atoms with E-state index in [0.29, 0.717) is 13.2 Å². The molecule has 26 heavy (non-hydrogen) atoms. The summed E-state index contributed by atoms with van der Waals surface area (Å²) in [5.74, 6) is 1.62. The number of hydrogen-bond acceptors (Lipinski definition) is 3. The summed E-state index contributed by atoms with van der Waals surface area (Å²) < 4.78 is 7.60. The first-order valence-electron chi connectivity index (χ1n) is 8.55. The van der Waals surface area contributed by atoms with Crippen LogP contribution in [0.3, 0.4) is 0 Å². The molecule has 0 saturated heterocycles. The molecule has 0 atom stereocenters. The first-order valence-corrected chi connectivity index (χ1v) is 8.55. The van der Waals surface area contributed by atoms with E-state index in [9.17, 15) is 0 Å². The fourth-order valence-corrected chi connectivity index (χ4v) is 2.31. The highest BCUT2D eigenvalue weighted by atomic mass is 127. The van der Waals surface area contributed by atoms with E-state index >= 15 is 0 Å². The molecule has 2 rings (SSSR count). The molecular formula is C19H28IN5O. The molecule has 0 aliphatic heterocycles. The minimum absolute atomic E-state index is 0. The van der Waals surface area contributed by atoms with Gasteiger partial charge in [-0.15, -0.1) is 24.0 Å². The molecule has 0 radical (unpaired) electrons. The molecule has 1 heterocycles. The highest BCUT2D eigenvalue weighted by Crippen LogP contribution is 2.18. The molecule has 1 aromatic heterocycles. The highest BCUT2D eigenvalue weighted by Gasteiger charge is 2.03. The Hall–Kier alpha value is -2.03. The van der Waals surface area contributed by atoms with Gasteiger partial charge in [-0.2, -0.15) is 5.10 Å². The van der Waals surface area contributed by atoms with Gasteiger partial charge in [0.1, 0.15) is 12.4 Å². The molecule has 0 saturated carbocycles. The molecule has 0 fully saturated rings. The molecule has 0 spiro atoms. The fraction of sp³-hybridized carbons (Fsp3) is 0.368. The quantitative estimate of drug-likeness (QED) is 0.257. The Morgan fingerprint density at radius 2 is 2.15 bits per heavy atom. The topological polar surface area (TPSA) is 63.5 Å². The van der Waals surface area contributed by atoms with E-state index in [0.717, 1.165) is 42.5 Å². The maximum absolute atomic E-state index is 5.68. The zero-order chi connectivity index (χ0) is 17.9. The Bertz CT molecular complexity index is 699. The monoisotopic (exact) mass is 469 g/mol. The van der Waals surface area contributed by atoms with Gasteiger partial charge >= 0.3 is 0 Å². The van der Waals surface area contributed by atoms with Gasteiger partial charge in [-0.25, -0.2) is 4.99 Å². The number of ether oxygens (including phenoxy) is 1.